The largest absolute Gasteiger partial charge is 0.491 e. The lowest BCUT2D eigenvalue weighted by Gasteiger charge is -2.39. The zero-order valence-electron chi connectivity index (χ0n) is 16.6. The molecule has 0 saturated carbocycles. The first-order chi connectivity index (χ1) is 14.7. The number of hydrogen-bond acceptors (Lipinski definition) is 6. The van der Waals surface area contributed by atoms with E-state index in [2.05, 4.69) is 49.4 Å². The Kier molecular flexibility index (Phi) is 4.07. The minimum absolute atomic E-state index is 0.352. The van der Waals surface area contributed by atoms with E-state index in [4.69, 9.17) is 16.3 Å². The summed E-state index contributed by atoms with van der Waals surface area (Å²) in [7, 11) is 0. The molecule has 152 valence electrons. The van der Waals surface area contributed by atoms with Gasteiger partial charge in [0.15, 0.2) is 5.75 Å². The third-order valence-electron chi connectivity index (χ3n) is 6.22. The fourth-order valence-electron chi connectivity index (χ4n) is 4.76. The van der Waals surface area contributed by atoms with Crippen LogP contribution in [0.2, 0.25) is 5.02 Å². The van der Waals surface area contributed by atoms with Crippen LogP contribution in [0.3, 0.4) is 0 Å². The molecular weight excluding hydrogens is 400 g/mol. The molecule has 6 rings (SSSR count). The number of aromatic amines is 1. The minimum atomic E-state index is 0.352. The number of rotatable bonds is 1. The molecule has 30 heavy (non-hydrogen) atoms. The summed E-state index contributed by atoms with van der Waals surface area (Å²) in [5.74, 6) is 1.59. The van der Waals surface area contributed by atoms with Crippen molar-refractivity contribution < 1.29 is 4.74 Å². The van der Waals surface area contributed by atoms with Crippen LogP contribution in [0.4, 0.5) is 5.82 Å². The normalized spacial score (nSPS) is 18.7. The molecule has 2 aromatic carbocycles. The van der Waals surface area contributed by atoms with Crippen molar-refractivity contribution in [2.45, 2.75) is 19.4 Å². The molecule has 2 aliphatic rings. The number of aryl methyl sites for hydroxylation is 1. The van der Waals surface area contributed by atoms with Gasteiger partial charge in [0.2, 0.25) is 0 Å². The number of ether oxygens (including phenoxy) is 1. The van der Waals surface area contributed by atoms with Crippen LogP contribution in [0.5, 0.6) is 5.75 Å². The number of fused-ring (bicyclic) bond motifs is 3. The lowest BCUT2D eigenvalue weighted by Crippen LogP contribution is -2.52. The maximum Gasteiger partial charge on any atom is 0.151 e. The van der Waals surface area contributed by atoms with Gasteiger partial charge in [0.1, 0.15) is 12.1 Å². The minimum Gasteiger partial charge on any atom is -0.491 e. The van der Waals surface area contributed by atoms with Gasteiger partial charge in [-0.15, -0.1) is 0 Å². The summed E-state index contributed by atoms with van der Waals surface area (Å²) in [6, 6.07) is 6.53. The molecule has 2 N–H and O–H groups in total. The van der Waals surface area contributed by atoms with Crippen LogP contribution in [0.25, 0.3) is 32.9 Å². The number of piperazine rings is 1. The Morgan fingerprint density at radius 1 is 1.27 bits per heavy atom. The van der Waals surface area contributed by atoms with Crippen molar-refractivity contribution in [2.24, 2.45) is 0 Å². The molecule has 1 atom stereocenters. The third-order valence-corrected chi connectivity index (χ3v) is 6.60. The number of H-pyrrole nitrogens is 1. The Bertz CT molecular complexity index is 1290. The predicted molar refractivity (Wildman–Crippen MR) is 118 cm³/mol. The Balaban J connectivity index is 1.66. The van der Waals surface area contributed by atoms with E-state index in [-0.39, 0.29) is 0 Å². The molecule has 4 heterocycles. The molecule has 0 unspecified atom stereocenters. The molecule has 8 heteroatoms. The Morgan fingerprint density at radius 3 is 3.13 bits per heavy atom. The van der Waals surface area contributed by atoms with Gasteiger partial charge in [-0.05, 0) is 30.2 Å². The molecule has 4 aromatic rings. The first-order valence-corrected chi connectivity index (χ1v) is 10.6. The van der Waals surface area contributed by atoms with Crippen molar-refractivity contribution in [3.63, 3.8) is 0 Å². The Hall–Kier alpha value is -2.90. The molecule has 1 saturated heterocycles. The topological polar surface area (TPSA) is 79.0 Å². The molecule has 7 nitrogen and oxygen atoms in total. The molecule has 0 aliphatic carbocycles. The first kappa shape index (κ1) is 17.9. The lowest BCUT2D eigenvalue weighted by atomic mass is 9.95. The highest BCUT2D eigenvalue weighted by molar-refractivity contribution is 6.37. The van der Waals surface area contributed by atoms with Crippen LogP contribution >= 0.6 is 11.6 Å². The fourth-order valence-corrected chi connectivity index (χ4v) is 5.06. The molecule has 0 bridgehead atoms. The standard InChI is InChI=1S/C22H21ClN6O/c1-12-2-3-16-15(10-27-28-16)18(12)14-8-17-19-21(20(14)23)30-7-4-13-9-24-5-6-29(13)22(19)26-11-25-17/h2-3,8,10-11,13,24H,4-7,9H2,1H3,(H,27,28)/t13-/m1/s1. The SMILES string of the molecule is Cc1ccc2[nH]ncc2c1-c1cc2ncnc3c2c(c1Cl)OCC[C@@H]1CNCCN31. The first-order valence-electron chi connectivity index (χ1n) is 10.2. The van der Waals surface area contributed by atoms with Gasteiger partial charge in [0, 0.05) is 43.0 Å². The van der Waals surface area contributed by atoms with Gasteiger partial charge in [-0.3, -0.25) is 5.10 Å². The number of nitrogens with zero attached hydrogens (tertiary/aromatic N) is 4. The van der Waals surface area contributed by atoms with Crippen LogP contribution < -0.4 is 15.0 Å². The van der Waals surface area contributed by atoms with Gasteiger partial charge in [0.25, 0.3) is 0 Å². The quantitative estimate of drug-likeness (QED) is 0.489. The van der Waals surface area contributed by atoms with Crippen LogP contribution in [-0.4, -0.2) is 52.4 Å². The molecule has 0 spiro atoms. The van der Waals surface area contributed by atoms with Gasteiger partial charge in [0.05, 0.1) is 34.2 Å². The van der Waals surface area contributed by atoms with Gasteiger partial charge in [-0.25, -0.2) is 9.97 Å². The second-order valence-electron chi connectivity index (χ2n) is 7.94. The maximum absolute atomic E-state index is 7.03. The van der Waals surface area contributed by atoms with E-state index in [0.29, 0.717) is 23.4 Å². The van der Waals surface area contributed by atoms with E-state index in [1.807, 2.05) is 12.3 Å². The second-order valence-corrected chi connectivity index (χ2v) is 8.31. The van der Waals surface area contributed by atoms with Crippen molar-refractivity contribution >= 4 is 39.2 Å². The maximum atomic E-state index is 7.03. The van der Waals surface area contributed by atoms with Crippen molar-refractivity contribution in [3.05, 3.63) is 41.3 Å². The fraction of sp³-hybridized carbons (Fsp3) is 0.318. The lowest BCUT2D eigenvalue weighted by molar-refractivity contribution is 0.285. The summed E-state index contributed by atoms with van der Waals surface area (Å²) in [5.41, 5.74) is 4.90. The molecule has 0 amide bonds. The number of anilines is 1. The van der Waals surface area contributed by atoms with E-state index in [1.165, 1.54) is 0 Å². The van der Waals surface area contributed by atoms with Gasteiger partial charge in [-0.2, -0.15) is 5.10 Å². The predicted octanol–water partition coefficient (Wildman–Crippen LogP) is 3.70. The molecule has 2 aliphatic heterocycles. The number of benzene rings is 2. The molecule has 0 radical (unpaired) electrons. The smallest absolute Gasteiger partial charge is 0.151 e. The summed E-state index contributed by atoms with van der Waals surface area (Å²) in [4.78, 5) is 11.6. The second kappa shape index (κ2) is 6.82. The zero-order chi connectivity index (χ0) is 20.2. The monoisotopic (exact) mass is 420 g/mol. The molecule has 1 fully saturated rings. The third kappa shape index (κ3) is 2.58. The number of aromatic nitrogens is 4. The summed E-state index contributed by atoms with van der Waals surface area (Å²) >= 11 is 7.03. The van der Waals surface area contributed by atoms with E-state index in [9.17, 15) is 0 Å². The Labute approximate surface area is 178 Å². The van der Waals surface area contributed by atoms with Crippen LogP contribution in [0.1, 0.15) is 12.0 Å². The summed E-state index contributed by atoms with van der Waals surface area (Å²) in [6.45, 7) is 5.46. The van der Waals surface area contributed by atoms with E-state index < -0.39 is 0 Å². The van der Waals surface area contributed by atoms with Gasteiger partial charge < -0.3 is 15.0 Å². The van der Waals surface area contributed by atoms with Crippen molar-refractivity contribution in [1.82, 2.24) is 25.5 Å². The Morgan fingerprint density at radius 2 is 2.20 bits per heavy atom. The van der Waals surface area contributed by atoms with Crippen LogP contribution in [-0.2, 0) is 0 Å². The van der Waals surface area contributed by atoms with Crippen molar-refractivity contribution in [1.29, 1.82) is 0 Å². The van der Waals surface area contributed by atoms with E-state index in [0.717, 1.165) is 70.4 Å². The van der Waals surface area contributed by atoms with Crippen molar-refractivity contribution in [3.8, 4) is 16.9 Å². The highest BCUT2D eigenvalue weighted by Gasteiger charge is 2.30. The summed E-state index contributed by atoms with van der Waals surface area (Å²) in [6.07, 6.45) is 4.40. The zero-order valence-corrected chi connectivity index (χ0v) is 17.3. The average molecular weight is 421 g/mol. The summed E-state index contributed by atoms with van der Waals surface area (Å²) < 4.78 is 6.29. The number of hydrogen-bond donors (Lipinski definition) is 2. The summed E-state index contributed by atoms with van der Waals surface area (Å²) in [5, 5.41) is 13.3. The van der Waals surface area contributed by atoms with Crippen LogP contribution in [0.15, 0.2) is 30.7 Å². The van der Waals surface area contributed by atoms with Gasteiger partial charge in [-0.1, -0.05) is 17.7 Å². The molecular formula is C22H21ClN6O. The van der Waals surface area contributed by atoms with Gasteiger partial charge >= 0.3 is 0 Å². The highest BCUT2D eigenvalue weighted by Crippen LogP contribution is 2.47. The molecule has 2 aromatic heterocycles. The average Bonchev–Trinajstić information content (AvgIpc) is 3.22. The number of nitrogens with one attached hydrogen (secondary N) is 2. The highest BCUT2D eigenvalue weighted by atomic mass is 35.5. The van der Waals surface area contributed by atoms with E-state index in [1.54, 1.807) is 6.33 Å². The van der Waals surface area contributed by atoms with E-state index >= 15 is 0 Å². The van der Waals surface area contributed by atoms with Crippen LogP contribution in [0, 0.1) is 6.92 Å². The van der Waals surface area contributed by atoms with Crippen molar-refractivity contribution in [2.75, 3.05) is 31.1 Å². The number of halogens is 1.